The lowest BCUT2D eigenvalue weighted by Gasteiger charge is -2.21. The number of carbonyl (C=O) groups is 1. The van der Waals surface area contributed by atoms with Gasteiger partial charge in [0, 0.05) is 69.1 Å². The predicted octanol–water partition coefficient (Wildman–Crippen LogP) is 1.75. The Kier molecular flexibility index (Phi) is 8.89. The maximum Gasteiger partial charge on any atom is 0.221 e. The van der Waals surface area contributed by atoms with E-state index in [9.17, 15) is 4.79 Å². The summed E-state index contributed by atoms with van der Waals surface area (Å²) in [6.07, 6.45) is 2.35. The van der Waals surface area contributed by atoms with Crippen LogP contribution in [0.5, 0.6) is 11.5 Å². The molecule has 1 aliphatic heterocycles. The molecule has 8 nitrogen and oxygen atoms in total. The number of nitrogens with one attached hydrogen (secondary N) is 3. The van der Waals surface area contributed by atoms with Crippen molar-refractivity contribution in [1.29, 1.82) is 0 Å². The first-order chi connectivity index (χ1) is 14.0. The number of amides is 1. The van der Waals surface area contributed by atoms with Crippen molar-refractivity contribution < 1.29 is 14.3 Å². The van der Waals surface area contributed by atoms with Gasteiger partial charge in [0.1, 0.15) is 11.5 Å². The number of rotatable bonds is 9. The van der Waals surface area contributed by atoms with Crippen molar-refractivity contribution in [2.45, 2.75) is 45.2 Å². The molecule has 1 aromatic rings. The number of methoxy groups -OCH3 is 2. The molecule has 2 atom stereocenters. The Bertz CT molecular complexity index is 673. The summed E-state index contributed by atoms with van der Waals surface area (Å²) < 4.78 is 10.8. The van der Waals surface area contributed by atoms with Crippen molar-refractivity contribution in [3.63, 3.8) is 0 Å². The molecule has 0 radical (unpaired) electrons. The zero-order valence-electron chi connectivity index (χ0n) is 18.2. The summed E-state index contributed by atoms with van der Waals surface area (Å²) >= 11 is 0. The highest BCUT2D eigenvalue weighted by molar-refractivity contribution is 5.81. The molecule has 0 bridgehead atoms. The number of carbonyl (C=O) groups excluding carboxylic acids is 1. The van der Waals surface area contributed by atoms with Gasteiger partial charge in [-0.2, -0.15) is 0 Å². The lowest BCUT2D eigenvalue weighted by atomic mass is 10.2. The molecule has 1 saturated heterocycles. The van der Waals surface area contributed by atoms with Gasteiger partial charge in [-0.25, -0.2) is 0 Å². The molecule has 2 unspecified atom stereocenters. The number of hydrogen-bond donors (Lipinski definition) is 3. The normalized spacial score (nSPS) is 17.6. The fourth-order valence-corrected chi connectivity index (χ4v) is 3.22. The molecule has 0 saturated carbocycles. The van der Waals surface area contributed by atoms with Crippen LogP contribution in [0.15, 0.2) is 23.2 Å². The molecule has 3 N–H and O–H groups in total. The molecule has 1 aliphatic rings. The van der Waals surface area contributed by atoms with Crippen LogP contribution in [0.3, 0.4) is 0 Å². The van der Waals surface area contributed by atoms with Crippen molar-refractivity contribution in [3.05, 3.63) is 18.2 Å². The number of hydrogen-bond acceptors (Lipinski definition) is 5. The van der Waals surface area contributed by atoms with Crippen LogP contribution in [-0.4, -0.2) is 64.9 Å². The second-order valence-electron chi connectivity index (χ2n) is 7.27. The fraction of sp³-hybridized carbons (Fsp3) is 0.619. The van der Waals surface area contributed by atoms with E-state index in [1.165, 1.54) is 0 Å². The van der Waals surface area contributed by atoms with Gasteiger partial charge in [0.05, 0.1) is 14.2 Å². The van der Waals surface area contributed by atoms with Crippen molar-refractivity contribution in [2.24, 2.45) is 4.99 Å². The molecule has 1 fully saturated rings. The lowest BCUT2D eigenvalue weighted by molar-refractivity contribution is -0.121. The maximum atomic E-state index is 11.9. The highest BCUT2D eigenvalue weighted by atomic mass is 16.5. The van der Waals surface area contributed by atoms with Gasteiger partial charge < -0.3 is 30.3 Å². The van der Waals surface area contributed by atoms with Crippen molar-refractivity contribution in [2.75, 3.05) is 45.8 Å². The summed E-state index contributed by atoms with van der Waals surface area (Å²) in [7, 11) is 5.06. The largest absolute Gasteiger partial charge is 0.497 e. The third-order valence-electron chi connectivity index (χ3n) is 5.12. The maximum absolute atomic E-state index is 11.9. The second kappa shape index (κ2) is 11.4. The summed E-state index contributed by atoms with van der Waals surface area (Å²) in [5.41, 5.74) is 1.08. The van der Waals surface area contributed by atoms with Gasteiger partial charge in [-0.05, 0) is 19.8 Å². The molecular weight excluding hydrogens is 370 g/mol. The molecule has 0 aromatic heterocycles. The predicted molar refractivity (Wildman–Crippen MR) is 117 cm³/mol. The standard InChI is InChI=1S/C21H35N5O3/c1-6-15(2)24-20(27)7-9-23-21(22-3)25-16-8-10-26(14-16)17-11-18(28-4)13-19(12-17)29-5/h11-13,15-16H,6-10,14H2,1-5H3,(H,24,27)(H2,22,23,25). The Hall–Kier alpha value is -2.64. The third kappa shape index (κ3) is 7.03. The highest BCUT2D eigenvalue weighted by Crippen LogP contribution is 2.30. The average Bonchev–Trinajstić information content (AvgIpc) is 3.20. The van der Waals surface area contributed by atoms with E-state index in [2.05, 4.69) is 32.8 Å². The second-order valence-corrected chi connectivity index (χ2v) is 7.27. The van der Waals surface area contributed by atoms with Gasteiger partial charge in [0.2, 0.25) is 5.91 Å². The average molecular weight is 406 g/mol. The topological polar surface area (TPSA) is 87.2 Å². The van der Waals surface area contributed by atoms with Crippen molar-refractivity contribution in [3.8, 4) is 11.5 Å². The monoisotopic (exact) mass is 405 g/mol. The molecule has 29 heavy (non-hydrogen) atoms. The van der Waals surface area contributed by atoms with Gasteiger partial charge in [-0.3, -0.25) is 9.79 Å². The number of benzene rings is 1. The Morgan fingerprint density at radius 2 is 1.97 bits per heavy atom. The minimum Gasteiger partial charge on any atom is -0.497 e. The van der Waals surface area contributed by atoms with Crippen LogP contribution in [0, 0.1) is 0 Å². The molecule has 162 valence electrons. The van der Waals surface area contributed by atoms with E-state index in [0.717, 1.165) is 49.1 Å². The van der Waals surface area contributed by atoms with Crippen LogP contribution in [0.2, 0.25) is 0 Å². The number of nitrogens with zero attached hydrogens (tertiary/aromatic N) is 2. The number of guanidine groups is 1. The number of anilines is 1. The minimum absolute atomic E-state index is 0.0568. The summed E-state index contributed by atoms with van der Waals surface area (Å²) in [5, 5.41) is 9.65. The van der Waals surface area contributed by atoms with Gasteiger partial charge in [0.15, 0.2) is 5.96 Å². The Balaban J connectivity index is 1.83. The Labute approximate surface area is 174 Å². The Morgan fingerprint density at radius 1 is 1.28 bits per heavy atom. The van der Waals surface area contributed by atoms with Crippen LogP contribution in [0.25, 0.3) is 0 Å². The summed E-state index contributed by atoms with van der Waals surface area (Å²) in [6, 6.07) is 6.40. The molecule has 1 amide bonds. The highest BCUT2D eigenvalue weighted by Gasteiger charge is 2.24. The summed E-state index contributed by atoms with van der Waals surface area (Å²) in [4.78, 5) is 18.5. The zero-order chi connectivity index (χ0) is 21.2. The first kappa shape index (κ1) is 22.6. The minimum atomic E-state index is 0.0568. The third-order valence-corrected chi connectivity index (χ3v) is 5.12. The molecule has 0 aliphatic carbocycles. The van der Waals surface area contributed by atoms with Crippen molar-refractivity contribution >= 4 is 17.6 Å². The summed E-state index contributed by atoms with van der Waals surface area (Å²) in [6.45, 7) is 6.40. The van der Waals surface area contributed by atoms with E-state index in [0.29, 0.717) is 13.0 Å². The Morgan fingerprint density at radius 3 is 2.55 bits per heavy atom. The van der Waals surface area contributed by atoms with Crippen LogP contribution in [-0.2, 0) is 4.79 Å². The van der Waals surface area contributed by atoms with Crippen LogP contribution >= 0.6 is 0 Å². The molecule has 8 heteroatoms. The fourth-order valence-electron chi connectivity index (χ4n) is 3.22. The first-order valence-electron chi connectivity index (χ1n) is 10.2. The summed E-state index contributed by atoms with van der Waals surface area (Å²) in [5.74, 6) is 2.34. The smallest absolute Gasteiger partial charge is 0.221 e. The van der Waals surface area contributed by atoms with Crippen LogP contribution < -0.4 is 30.3 Å². The number of ether oxygens (including phenoxy) is 2. The van der Waals surface area contributed by atoms with E-state index < -0.39 is 0 Å². The zero-order valence-corrected chi connectivity index (χ0v) is 18.2. The SMILES string of the molecule is CCC(C)NC(=O)CCNC(=NC)NC1CCN(c2cc(OC)cc(OC)c2)C1. The number of aliphatic imine (C=N–C) groups is 1. The van der Waals surface area contributed by atoms with Gasteiger partial charge in [0.25, 0.3) is 0 Å². The quantitative estimate of drug-likeness (QED) is 0.429. The molecule has 1 aromatic carbocycles. The van der Waals surface area contributed by atoms with E-state index in [1.807, 2.05) is 25.1 Å². The lowest BCUT2D eigenvalue weighted by Crippen LogP contribution is -2.45. The van der Waals surface area contributed by atoms with E-state index in [1.54, 1.807) is 21.3 Å². The molecule has 2 rings (SSSR count). The van der Waals surface area contributed by atoms with E-state index in [4.69, 9.17) is 9.47 Å². The van der Waals surface area contributed by atoms with Crippen LogP contribution in [0.4, 0.5) is 5.69 Å². The van der Waals surface area contributed by atoms with E-state index >= 15 is 0 Å². The van der Waals surface area contributed by atoms with E-state index in [-0.39, 0.29) is 18.0 Å². The van der Waals surface area contributed by atoms with Gasteiger partial charge in [-0.15, -0.1) is 0 Å². The van der Waals surface area contributed by atoms with Gasteiger partial charge >= 0.3 is 0 Å². The molecular formula is C21H35N5O3. The van der Waals surface area contributed by atoms with Crippen LogP contribution in [0.1, 0.15) is 33.1 Å². The molecule has 1 heterocycles. The first-order valence-corrected chi connectivity index (χ1v) is 10.2. The van der Waals surface area contributed by atoms with Gasteiger partial charge in [-0.1, -0.05) is 6.92 Å². The molecule has 0 spiro atoms. The van der Waals surface area contributed by atoms with Crippen molar-refractivity contribution in [1.82, 2.24) is 16.0 Å².